The Labute approximate surface area is 104 Å². The van der Waals surface area contributed by atoms with Gasteiger partial charge in [-0.2, -0.15) is 0 Å². The van der Waals surface area contributed by atoms with Gasteiger partial charge >= 0.3 is 0 Å². The Balaban J connectivity index is 2.78. The molecule has 2 nitrogen and oxygen atoms in total. The Bertz CT molecular complexity index is 369. The van der Waals surface area contributed by atoms with E-state index in [1.54, 1.807) is 0 Å². The Hall–Kier alpha value is -1.31. The lowest BCUT2D eigenvalue weighted by Gasteiger charge is -2.10. The summed E-state index contributed by atoms with van der Waals surface area (Å²) in [6.45, 7) is 6.67. The Kier molecular flexibility index (Phi) is 5.75. The molecule has 2 heteroatoms. The van der Waals surface area contributed by atoms with Crippen LogP contribution in [0.3, 0.4) is 0 Å². The van der Waals surface area contributed by atoms with Crippen molar-refractivity contribution in [2.45, 2.75) is 46.5 Å². The molecule has 0 heterocycles. The van der Waals surface area contributed by atoms with Crippen LogP contribution in [0, 0.1) is 6.92 Å². The topological polar surface area (TPSA) is 26.3 Å². The van der Waals surface area contributed by atoms with E-state index < -0.39 is 0 Å². The standard InChI is InChI=1S/C15H22O2/c1-4-6-7-8-14(16)13-11-12(3)9-10-15(13)17-5-2/h9-11H,4-8H2,1-3H3. The molecule has 1 aromatic rings. The molecule has 0 aliphatic carbocycles. The number of hydrogen-bond donors (Lipinski definition) is 0. The van der Waals surface area contributed by atoms with Crippen LogP contribution < -0.4 is 4.74 Å². The molecule has 0 aromatic heterocycles. The maximum Gasteiger partial charge on any atom is 0.166 e. The number of unbranched alkanes of at least 4 members (excludes halogenated alkanes) is 2. The van der Waals surface area contributed by atoms with E-state index in [4.69, 9.17) is 4.74 Å². The van der Waals surface area contributed by atoms with E-state index in [2.05, 4.69) is 6.92 Å². The van der Waals surface area contributed by atoms with Crippen LogP contribution >= 0.6 is 0 Å². The predicted molar refractivity (Wildman–Crippen MR) is 70.8 cm³/mol. The largest absolute Gasteiger partial charge is 0.493 e. The minimum absolute atomic E-state index is 0.200. The summed E-state index contributed by atoms with van der Waals surface area (Å²) in [6.07, 6.45) is 3.84. The van der Waals surface area contributed by atoms with Gasteiger partial charge in [-0.25, -0.2) is 0 Å². The van der Waals surface area contributed by atoms with Gasteiger partial charge in [0.25, 0.3) is 0 Å². The highest BCUT2D eigenvalue weighted by Gasteiger charge is 2.12. The number of carbonyl (C=O) groups excluding carboxylic acids is 1. The van der Waals surface area contributed by atoms with E-state index in [9.17, 15) is 4.79 Å². The normalized spacial score (nSPS) is 10.3. The Morgan fingerprint density at radius 3 is 2.65 bits per heavy atom. The lowest BCUT2D eigenvalue weighted by Crippen LogP contribution is -2.04. The zero-order chi connectivity index (χ0) is 12.7. The van der Waals surface area contributed by atoms with Gasteiger partial charge in [0, 0.05) is 6.42 Å². The van der Waals surface area contributed by atoms with Gasteiger partial charge in [-0.15, -0.1) is 0 Å². The van der Waals surface area contributed by atoms with Gasteiger partial charge in [0.15, 0.2) is 5.78 Å². The summed E-state index contributed by atoms with van der Waals surface area (Å²) in [6, 6.07) is 5.80. The summed E-state index contributed by atoms with van der Waals surface area (Å²) in [5, 5.41) is 0. The minimum Gasteiger partial charge on any atom is -0.493 e. The average molecular weight is 234 g/mol. The number of carbonyl (C=O) groups is 1. The molecule has 1 aromatic carbocycles. The lowest BCUT2D eigenvalue weighted by atomic mass is 10.0. The van der Waals surface area contributed by atoms with Crippen LogP contribution in [-0.4, -0.2) is 12.4 Å². The lowest BCUT2D eigenvalue weighted by molar-refractivity contribution is 0.0975. The minimum atomic E-state index is 0.200. The fourth-order valence-electron chi connectivity index (χ4n) is 1.81. The molecule has 0 aliphatic rings. The van der Waals surface area contributed by atoms with Crippen molar-refractivity contribution >= 4 is 5.78 Å². The van der Waals surface area contributed by atoms with E-state index in [1.165, 1.54) is 0 Å². The van der Waals surface area contributed by atoms with Crippen molar-refractivity contribution in [2.75, 3.05) is 6.61 Å². The van der Waals surface area contributed by atoms with Crippen molar-refractivity contribution in [2.24, 2.45) is 0 Å². The molecule has 0 N–H and O–H groups in total. The first-order valence-corrected chi connectivity index (χ1v) is 6.45. The van der Waals surface area contributed by atoms with E-state index in [0.717, 1.165) is 36.1 Å². The van der Waals surface area contributed by atoms with E-state index >= 15 is 0 Å². The molecule has 17 heavy (non-hydrogen) atoms. The zero-order valence-electron chi connectivity index (χ0n) is 11.1. The molecule has 0 bridgehead atoms. The van der Waals surface area contributed by atoms with Gasteiger partial charge in [-0.05, 0) is 32.4 Å². The molecule has 0 amide bonds. The summed E-state index contributed by atoms with van der Waals surface area (Å²) < 4.78 is 5.50. The number of ether oxygens (including phenoxy) is 1. The second-order valence-electron chi connectivity index (χ2n) is 4.31. The predicted octanol–water partition coefficient (Wildman–Crippen LogP) is 4.16. The zero-order valence-corrected chi connectivity index (χ0v) is 11.1. The summed E-state index contributed by atoms with van der Waals surface area (Å²) >= 11 is 0. The molecule has 0 aliphatic heterocycles. The van der Waals surface area contributed by atoms with Crippen molar-refractivity contribution in [3.05, 3.63) is 29.3 Å². The molecule has 0 fully saturated rings. The summed E-state index contributed by atoms with van der Waals surface area (Å²) in [7, 11) is 0. The number of benzene rings is 1. The molecular formula is C15H22O2. The number of ketones is 1. The highest BCUT2D eigenvalue weighted by Crippen LogP contribution is 2.22. The number of aryl methyl sites for hydroxylation is 1. The van der Waals surface area contributed by atoms with E-state index in [0.29, 0.717) is 13.0 Å². The molecule has 0 spiro atoms. The second kappa shape index (κ2) is 7.10. The molecule has 1 rings (SSSR count). The fourth-order valence-corrected chi connectivity index (χ4v) is 1.81. The smallest absolute Gasteiger partial charge is 0.166 e. The molecular weight excluding hydrogens is 212 g/mol. The first-order chi connectivity index (χ1) is 8.19. The van der Waals surface area contributed by atoms with Crippen molar-refractivity contribution in [1.29, 1.82) is 0 Å². The maximum atomic E-state index is 12.1. The number of Topliss-reactive ketones (excluding diaryl/α,β-unsaturated/α-hetero) is 1. The van der Waals surface area contributed by atoms with Crippen LogP contribution in [0.4, 0.5) is 0 Å². The molecule has 0 atom stereocenters. The van der Waals surface area contributed by atoms with Crippen LogP contribution in [-0.2, 0) is 0 Å². The van der Waals surface area contributed by atoms with Crippen LogP contribution in [0.5, 0.6) is 5.75 Å². The first-order valence-electron chi connectivity index (χ1n) is 6.45. The molecule has 0 saturated carbocycles. The van der Waals surface area contributed by atoms with Gasteiger partial charge in [-0.1, -0.05) is 31.4 Å². The Morgan fingerprint density at radius 1 is 1.24 bits per heavy atom. The fraction of sp³-hybridized carbons (Fsp3) is 0.533. The van der Waals surface area contributed by atoms with Crippen molar-refractivity contribution < 1.29 is 9.53 Å². The van der Waals surface area contributed by atoms with E-state index in [1.807, 2.05) is 32.0 Å². The molecule has 0 unspecified atom stereocenters. The Morgan fingerprint density at radius 2 is 2.00 bits per heavy atom. The van der Waals surface area contributed by atoms with Gasteiger partial charge < -0.3 is 4.74 Å². The van der Waals surface area contributed by atoms with Crippen LogP contribution in [0.2, 0.25) is 0 Å². The third-order valence-corrected chi connectivity index (χ3v) is 2.74. The summed E-state index contributed by atoms with van der Waals surface area (Å²) in [5.74, 6) is 0.921. The average Bonchev–Trinajstić information content (AvgIpc) is 2.32. The second-order valence-corrected chi connectivity index (χ2v) is 4.31. The van der Waals surface area contributed by atoms with Gasteiger partial charge in [0.05, 0.1) is 12.2 Å². The highest BCUT2D eigenvalue weighted by atomic mass is 16.5. The first kappa shape index (κ1) is 13.8. The number of hydrogen-bond acceptors (Lipinski definition) is 2. The summed E-state index contributed by atoms with van der Waals surface area (Å²) in [5.41, 5.74) is 1.84. The third kappa shape index (κ3) is 4.22. The van der Waals surface area contributed by atoms with Crippen LogP contribution in [0.25, 0.3) is 0 Å². The monoisotopic (exact) mass is 234 g/mol. The van der Waals surface area contributed by atoms with Crippen molar-refractivity contribution in [1.82, 2.24) is 0 Å². The molecule has 94 valence electrons. The van der Waals surface area contributed by atoms with Gasteiger partial charge in [0.1, 0.15) is 5.75 Å². The maximum absolute atomic E-state index is 12.1. The number of rotatable bonds is 7. The third-order valence-electron chi connectivity index (χ3n) is 2.74. The quantitative estimate of drug-likeness (QED) is 0.523. The highest BCUT2D eigenvalue weighted by molar-refractivity contribution is 5.98. The van der Waals surface area contributed by atoms with Crippen LogP contribution in [0.15, 0.2) is 18.2 Å². The van der Waals surface area contributed by atoms with E-state index in [-0.39, 0.29) is 5.78 Å². The van der Waals surface area contributed by atoms with Crippen molar-refractivity contribution in [3.63, 3.8) is 0 Å². The molecule has 0 saturated heterocycles. The summed E-state index contributed by atoms with van der Waals surface area (Å²) in [4.78, 5) is 12.1. The van der Waals surface area contributed by atoms with Crippen molar-refractivity contribution in [3.8, 4) is 5.75 Å². The molecule has 0 radical (unpaired) electrons. The van der Waals surface area contributed by atoms with Gasteiger partial charge in [0.2, 0.25) is 0 Å². The van der Waals surface area contributed by atoms with Gasteiger partial charge in [-0.3, -0.25) is 4.79 Å². The SMILES string of the molecule is CCCCCC(=O)c1cc(C)ccc1OCC. The van der Waals surface area contributed by atoms with Crippen LogP contribution in [0.1, 0.15) is 55.5 Å².